The van der Waals surface area contributed by atoms with Gasteiger partial charge in [-0.3, -0.25) is 0 Å². The molecule has 0 atom stereocenters. The molecule has 0 amide bonds. The molecular formula is C29H35F7O. The standard InChI is InChI=1S/C29H35F7O/c1-2-3-4-5-6-7-8-21-9-11-22(12-10-21)23-13-15-24(16-14-23)25-17-19-26(20-18-25)37-29(35,36)27(30,31)28(32,33)34/h13-22H,2-12H2,1H3. The van der Waals surface area contributed by atoms with Gasteiger partial charge in [0.15, 0.2) is 0 Å². The van der Waals surface area contributed by atoms with Crippen LogP contribution in [0, 0.1) is 5.92 Å². The molecule has 0 heterocycles. The van der Waals surface area contributed by atoms with E-state index in [1.54, 1.807) is 0 Å². The van der Waals surface area contributed by atoms with Gasteiger partial charge in [-0.05, 0) is 66.3 Å². The quantitative estimate of drug-likeness (QED) is 0.195. The van der Waals surface area contributed by atoms with Crippen LogP contribution >= 0.6 is 0 Å². The van der Waals surface area contributed by atoms with Gasteiger partial charge in [-0.25, -0.2) is 0 Å². The largest absolute Gasteiger partial charge is 0.474 e. The molecular weight excluding hydrogens is 497 g/mol. The Balaban J connectivity index is 1.51. The third kappa shape index (κ3) is 7.64. The molecule has 37 heavy (non-hydrogen) atoms. The van der Waals surface area contributed by atoms with Crippen molar-refractivity contribution >= 4 is 0 Å². The van der Waals surface area contributed by atoms with Gasteiger partial charge in [-0.2, -0.15) is 30.7 Å². The van der Waals surface area contributed by atoms with Crippen LogP contribution in [-0.2, 0) is 0 Å². The molecule has 1 saturated carbocycles. The monoisotopic (exact) mass is 532 g/mol. The van der Waals surface area contributed by atoms with Gasteiger partial charge >= 0.3 is 18.2 Å². The smallest absolute Gasteiger partial charge is 0.428 e. The van der Waals surface area contributed by atoms with Gasteiger partial charge in [0.1, 0.15) is 5.75 Å². The molecule has 0 bridgehead atoms. The molecule has 1 aliphatic rings. The molecule has 1 aliphatic carbocycles. The molecule has 0 unspecified atom stereocenters. The molecule has 8 heteroatoms. The summed E-state index contributed by atoms with van der Waals surface area (Å²) in [5, 5.41) is 0. The van der Waals surface area contributed by atoms with Crippen molar-refractivity contribution in [3.63, 3.8) is 0 Å². The highest BCUT2D eigenvalue weighted by molar-refractivity contribution is 5.64. The van der Waals surface area contributed by atoms with Crippen LogP contribution in [0.4, 0.5) is 30.7 Å². The van der Waals surface area contributed by atoms with Gasteiger partial charge in [0.25, 0.3) is 0 Å². The Hall–Kier alpha value is -2.25. The van der Waals surface area contributed by atoms with E-state index in [1.165, 1.54) is 75.5 Å². The fraction of sp³-hybridized carbons (Fsp3) is 0.586. The lowest BCUT2D eigenvalue weighted by Gasteiger charge is -2.29. The minimum absolute atomic E-state index is 0.503. The Labute approximate surface area is 214 Å². The summed E-state index contributed by atoms with van der Waals surface area (Å²) in [7, 11) is 0. The van der Waals surface area contributed by atoms with E-state index < -0.39 is 24.0 Å². The van der Waals surface area contributed by atoms with Gasteiger partial charge in [0, 0.05) is 0 Å². The predicted octanol–water partition coefficient (Wildman–Crippen LogP) is 10.5. The highest BCUT2D eigenvalue weighted by atomic mass is 19.4. The van der Waals surface area contributed by atoms with Gasteiger partial charge in [-0.1, -0.05) is 88.3 Å². The SMILES string of the molecule is CCCCCCCCC1CCC(c2ccc(-c3ccc(OC(F)(F)C(F)(F)C(F)(F)F)cc3)cc2)CC1. The fourth-order valence-corrected chi connectivity index (χ4v) is 5.04. The minimum atomic E-state index is -6.44. The molecule has 0 aliphatic heterocycles. The first-order valence-corrected chi connectivity index (χ1v) is 13.2. The normalized spacial score (nSPS) is 19.1. The predicted molar refractivity (Wildman–Crippen MR) is 131 cm³/mol. The maximum absolute atomic E-state index is 13.5. The van der Waals surface area contributed by atoms with Crippen molar-refractivity contribution in [2.45, 2.75) is 102 Å². The summed E-state index contributed by atoms with van der Waals surface area (Å²) in [5.74, 6) is -5.79. The first-order valence-electron chi connectivity index (χ1n) is 13.2. The van der Waals surface area contributed by atoms with E-state index in [1.807, 2.05) is 24.3 Å². The molecule has 1 fully saturated rings. The summed E-state index contributed by atoms with van der Waals surface area (Å²) >= 11 is 0. The van der Waals surface area contributed by atoms with Crippen LogP contribution in [0.2, 0.25) is 0 Å². The molecule has 1 nitrogen and oxygen atoms in total. The number of halogens is 7. The number of benzene rings is 2. The van der Waals surface area contributed by atoms with Gasteiger partial charge in [0.2, 0.25) is 0 Å². The molecule has 2 aromatic rings. The van der Waals surface area contributed by atoms with Crippen molar-refractivity contribution in [1.29, 1.82) is 0 Å². The van der Waals surface area contributed by atoms with Gasteiger partial charge in [-0.15, -0.1) is 0 Å². The molecule has 0 radical (unpaired) electrons. The first-order chi connectivity index (χ1) is 17.4. The van der Waals surface area contributed by atoms with Crippen LogP contribution in [0.5, 0.6) is 5.75 Å². The number of alkyl halides is 7. The molecule has 2 aromatic carbocycles. The number of ether oxygens (including phenoxy) is 1. The summed E-state index contributed by atoms with van der Waals surface area (Å²) in [6.07, 6.45) is 1.86. The highest BCUT2D eigenvalue weighted by Crippen LogP contribution is 2.47. The zero-order valence-corrected chi connectivity index (χ0v) is 21.1. The van der Waals surface area contributed by atoms with Crippen LogP contribution in [0.15, 0.2) is 48.5 Å². The topological polar surface area (TPSA) is 9.23 Å². The minimum Gasteiger partial charge on any atom is -0.428 e. The van der Waals surface area contributed by atoms with Crippen molar-refractivity contribution < 1.29 is 35.5 Å². The molecule has 0 saturated heterocycles. The Morgan fingerprint density at radius 1 is 0.676 bits per heavy atom. The van der Waals surface area contributed by atoms with E-state index in [-0.39, 0.29) is 0 Å². The maximum atomic E-state index is 13.5. The Kier molecular flexibility index (Phi) is 9.92. The van der Waals surface area contributed by atoms with E-state index >= 15 is 0 Å². The molecule has 206 valence electrons. The second kappa shape index (κ2) is 12.5. The average molecular weight is 533 g/mol. The van der Waals surface area contributed by atoms with Crippen molar-refractivity contribution in [2.24, 2.45) is 5.92 Å². The highest BCUT2D eigenvalue weighted by Gasteiger charge is 2.75. The summed E-state index contributed by atoms with van der Waals surface area (Å²) in [5.41, 5.74) is 2.63. The van der Waals surface area contributed by atoms with Crippen LogP contribution in [0.3, 0.4) is 0 Å². The fourth-order valence-electron chi connectivity index (χ4n) is 5.04. The summed E-state index contributed by atoms with van der Waals surface area (Å²) in [6, 6.07) is 12.5. The number of rotatable bonds is 12. The summed E-state index contributed by atoms with van der Waals surface area (Å²) < 4.78 is 93.7. The third-order valence-corrected chi connectivity index (χ3v) is 7.35. The molecule has 0 N–H and O–H groups in total. The van der Waals surface area contributed by atoms with Crippen molar-refractivity contribution in [2.75, 3.05) is 0 Å². The number of unbranched alkanes of at least 4 members (excludes halogenated alkanes) is 5. The van der Waals surface area contributed by atoms with E-state index in [9.17, 15) is 30.7 Å². The Morgan fingerprint density at radius 3 is 1.73 bits per heavy atom. The van der Waals surface area contributed by atoms with E-state index in [0.717, 1.165) is 36.5 Å². The van der Waals surface area contributed by atoms with Crippen LogP contribution in [0.1, 0.15) is 89.0 Å². The number of hydrogen-bond acceptors (Lipinski definition) is 1. The lowest BCUT2D eigenvalue weighted by atomic mass is 9.77. The van der Waals surface area contributed by atoms with E-state index in [4.69, 9.17) is 0 Å². The average Bonchev–Trinajstić information content (AvgIpc) is 2.86. The van der Waals surface area contributed by atoms with Crippen LogP contribution in [0.25, 0.3) is 11.1 Å². The Bertz CT molecular complexity index is 944. The zero-order valence-electron chi connectivity index (χ0n) is 21.1. The zero-order chi connectivity index (χ0) is 27.1. The lowest BCUT2D eigenvalue weighted by Crippen LogP contribution is -2.55. The Morgan fingerprint density at radius 2 is 1.19 bits per heavy atom. The van der Waals surface area contributed by atoms with Crippen molar-refractivity contribution in [3.05, 3.63) is 54.1 Å². The summed E-state index contributed by atoms with van der Waals surface area (Å²) in [4.78, 5) is 0. The molecule has 0 aromatic heterocycles. The van der Waals surface area contributed by atoms with Crippen molar-refractivity contribution in [3.8, 4) is 16.9 Å². The second-order valence-electron chi connectivity index (χ2n) is 10.1. The van der Waals surface area contributed by atoms with Gasteiger partial charge in [0.05, 0.1) is 0 Å². The summed E-state index contributed by atoms with van der Waals surface area (Å²) in [6.45, 7) is 2.23. The first kappa shape index (κ1) is 29.3. The second-order valence-corrected chi connectivity index (χ2v) is 10.1. The third-order valence-electron chi connectivity index (χ3n) is 7.35. The molecule has 3 rings (SSSR count). The number of hydrogen-bond donors (Lipinski definition) is 0. The van der Waals surface area contributed by atoms with Crippen molar-refractivity contribution in [1.82, 2.24) is 0 Å². The lowest BCUT2D eigenvalue weighted by molar-refractivity contribution is -0.402. The van der Waals surface area contributed by atoms with E-state index in [2.05, 4.69) is 11.7 Å². The maximum Gasteiger partial charge on any atom is 0.474 e. The van der Waals surface area contributed by atoms with Gasteiger partial charge < -0.3 is 4.74 Å². The molecule has 0 spiro atoms. The van der Waals surface area contributed by atoms with Crippen LogP contribution < -0.4 is 4.74 Å². The van der Waals surface area contributed by atoms with Crippen LogP contribution in [-0.4, -0.2) is 18.2 Å². The van der Waals surface area contributed by atoms with E-state index in [0.29, 0.717) is 11.5 Å².